The molecule has 0 spiro atoms. The Kier molecular flexibility index (Phi) is 4.61. The lowest BCUT2D eigenvalue weighted by molar-refractivity contribution is 0.0697. The molecule has 4 N–H and O–H groups in total. The van der Waals surface area contributed by atoms with Crippen molar-refractivity contribution in [2.24, 2.45) is 0 Å². The summed E-state index contributed by atoms with van der Waals surface area (Å²) < 4.78 is 26.7. The van der Waals surface area contributed by atoms with Crippen LogP contribution in [0.5, 0.6) is 0 Å². The van der Waals surface area contributed by atoms with E-state index in [-0.39, 0.29) is 22.7 Å². The van der Waals surface area contributed by atoms with Crippen LogP contribution in [0.3, 0.4) is 0 Å². The molecule has 112 valence electrons. The number of carbonyl (C=O) groups is 1. The molecule has 0 aliphatic carbocycles. The van der Waals surface area contributed by atoms with Crippen molar-refractivity contribution in [3.8, 4) is 0 Å². The number of anilines is 1. The maximum Gasteiger partial charge on any atom is 0.335 e. The van der Waals surface area contributed by atoms with Crippen molar-refractivity contribution in [2.45, 2.75) is 11.3 Å². The number of nitrogen functional groups attached to an aromatic ring is 1. The highest BCUT2D eigenvalue weighted by molar-refractivity contribution is 7.89. The van der Waals surface area contributed by atoms with Gasteiger partial charge in [-0.1, -0.05) is 6.07 Å². The molecule has 1 heterocycles. The quantitative estimate of drug-likeness (QED) is 0.698. The Morgan fingerprint density at radius 1 is 1.33 bits per heavy atom. The summed E-state index contributed by atoms with van der Waals surface area (Å²) in [5.74, 6) is -1.16. The van der Waals surface area contributed by atoms with Gasteiger partial charge in [0.1, 0.15) is 4.90 Å². The molecule has 0 radical (unpaired) electrons. The highest BCUT2D eigenvalue weighted by Gasteiger charge is 2.18. The van der Waals surface area contributed by atoms with Gasteiger partial charge in [0.05, 0.1) is 11.3 Å². The van der Waals surface area contributed by atoms with Crippen LogP contribution in [0.4, 0.5) is 5.69 Å². The summed E-state index contributed by atoms with van der Waals surface area (Å²) in [6.45, 7) is 0.253. The van der Waals surface area contributed by atoms with Crippen LogP contribution < -0.4 is 10.5 Å². The maximum absolute atomic E-state index is 12.1. The Bertz CT molecular complexity index is 740. The van der Waals surface area contributed by atoms with Crippen LogP contribution in [0, 0.1) is 0 Å². The number of carboxylic acids is 1. The predicted octanol–water partition coefficient (Wildman–Crippen LogP) is 1.55. The minimum atomic E-state index is -3.75. The van der Waals surface area contributed by atoms with Gasteiger partial charge >= 0.3 is 5.97 Å². The van der Waals surface area contributed by atoms with Crippen LogP contribution in [-0.4, -0.2) is 26.0 Å². The highest BCUT2D eigenvalue weighted by atomic mass is 32.2. The Labute approximate surface area is 126 Å². The van der Waals surface area contributed by atoms with Gasteiger partial charge in [-0.05, 0) is 36.1 Å². The number of sulfonamides is 1. The van der Waals surface area contributed by atoms with E-state index in [4.69, 9.17) is 10.8 Å². The number of nitrogens with two attached hydrogens (primary N) is 1. The fraction of sp³-hybridized carbons (Fsp3) is 0.154. The minimum absolute atomic E-state index is 0.0509. The van der Waals surface area contributed by atoms with E-state index in [1.807, 2.05) is 17.5 Å². The standard InChI is InChI=1S/C13H14N2O4S2/c14-11-8-9(13(16)17)3-4-12(11)21(18,19)15-6-5-10-2-1-7-20-10/h1-4,7-8,15H,5-6,14H2,(H,16,17). The number of benzene rings is 1. The normalized spacial score (nSPS) is 11.4. The van der Waals surface area contributed by atoms with Gasteiger partial charge in [0, 0.05) is 11.4 Å². The number of carboxylic acid groups (broad SMARTS) is 1. The van der Waals surface area contributed by atoms with Crippen molar-refractivity contribution in [3.63, 3.8) is 0 Å². The molecule has 0 fully saturated rings. The number of hydrogen-bond donors (Lipinski definition) is 3. The summed E-state index contributed by atoms with van der Waals surface area (Å²) >= 11 is 1.55. The van der Waals surface area contributed by atoms with E-state index in [1.54, 1.807) is 11.3 Å². The van der Waals surface area contributed by atoms with Crippen LogP contribution in [0.25, 0.3) is 0 Å². The second kappa shape index (κ2) is 6.25. The van der Waals surface area contributed by atoms with Gasteiger partial charge in [-0.25, -0.2) is 17.9 Å². The summed E-state index contributed by atoms with van der Waals surface area (Å²) in [4.78, 5) is 11.8. The van der Waals surface area contributed by atoms with Gasteiger partial charge in [0.15, 0.2) is 0 Å². The molecule has 1 aromatic carbocycles. The fourth-order valence-corrected chi connectivity index (χ4v) is 3.62. The molecule has 0 atom stereocenters. The zero-order valence-electron chi connectivity index (χ0n) is 10.9. The van der Waals surface area contributed by atoms with Crippen LogP contribution in [0.2, 0.25) is 0 Å². The molecule has 2 aromatic rings. The number of hydrogen-bond acceptors (Lipinski definition) is 5. The van der Waals surface area contributed by atoms with Crippen molar-refractivity contribution in [3.05, 3.63) is 46.2 Å². The third-order valence-corrected chi connectivity index (χ3v) is 5.26. The minimum Gasteiger partial charge on any atom is -0.478 e. The van der Waals surface area contributed by atoms with E-state index < -0.39 is 16.0 Å². The molecular weight excluding hydrogens is 312 g/mol. The first-order chi connectivity index (χ1) is 9.90. The molecule has 2 rings (SSSR count). The second-order valence-electron chi connectivity index (χ2n) is 4.28. The van der Waals surface area contributed by atoms with E-state index >= 15 is 0 Å². The molecule has 8 heteroatoms. The van der Waals surface area contributed by atoms with E-state index in [0.717, 1.165) is 10.9 Å². The Morgan fingerprint density at radius 3 is 2.67 bits per heavy atom. The van der Waals surface area contributed by atoms with E-state index in [2.05, 4.69) is 4.72 Å². The van der Waals surface area contributed by atoms with Crippen LogP contribution in [-0.2, 0) is 16.4 Å². The molecule has 0 bridgehead atoms. The molecule has 0 aliphatic rings. The second-order valence-corrected chi connectivity index (χ2v) is 7.05. The van der Waals surface area contributed by atoms with Crippen LogP contribution in [0.15, 0.2) is 40.6 Å². The lowest BCUT2D eigenvalue weighted by atomic mass is 10.2. The molecule has 0 saturated heterocycles. The topological polar surface area (TPSA) is 109 Å². The van der Waals surface area contributed by atoms with E-state index in [9.17, 15) is 13.2 Å². The first kappa shape index (κ1) is 15.5. The Morgan fingerprint density at radius 2 is 2.10 bits per heavy atom. The van der Waals surface area contributed by atoms with Crippen LogP contribution >= 0.6 is 11.3 Å². The van der Waals surface area contributed by atoms with Crippen molar-refractivity contribution in [2.75, 3.05) is 12.3 Å². The van der Waals surface area contributed by atoms with Crippen LogP contribution in [0.1, 0.15) is 15.2 Å². The number of aromatic carboxylic acids is 1. The number of thiophene rings is 1. The number of nitrogens with one attached hydrogen (secondary N) is 1. The third kappa shape index (κ3) is 3.81. The first-order valence-corrected chi connectivity index (χ1v) is 8.41. The zero-order valence-corrected chi connectivity index (χ0v) is 12.6. The Balaban J connectivity index is 2.10. The molecule has 6 nitrogen and oxygen atoms in total. The van der Waals surface area contributed by atoms with Crippen molar-refractivity contribution < 1.29 is 18.3 Å². The molecule has 0 aliphatic heterocycles. The van der Waals surface area contributed by atoms with Gasteiger partial charge in [0.2, 0.25) is 10.0 Å². The molecule has 21 heavy (non-hydrogen) atoms. The molecule has 0 saturated carbocycles. The smallest absolute Gasteiger partial charge is 0.335 e. The summed E-state index contributed by atoms with van der Waals surface area (Å²) in [5.41, 5.74) is 5.50. The molecule has 1 aromatic heterocycles. The average Bonchev–Trinajstić information content (AvgIpc) is 2.91. The summed E-state index contributed by atoms with van der Waals surface area (Å²) in [7, 11) is -3.75. The van der Waals surface area contributed by atoms with Gasteiger partial charge in [0.25, 0.3) is 0 Å². The van der Waals surface area contributed by atoms with Crippen molar-refractivity contribution in [1.29, 1.82) is 0 Å². The lowest BCUT2D eigenvalue weighted by Gasteiger charge is -2.09. The maximum atomic E-state index is 12.1. The zero-order chi connectivity index (χ0) is 15.5. The van der Waals surface area contributed by atoms with Gasteiger partial charge < -0.3 is 10.8 Å². The van der Waals surface area contributed by atoms with Gasteiger partial charge in [-0.15, -0.1) is 11.3 Å². The third-order valence-electron chi connectivity index (χ3n) is 2.79. The lowest BCUT2D eigenvalue weighted by Crippen LogP contribution is -2.26. The predicted molar refractivity (Wildman–Crippen MR) is 81.0 cm³/mol. The van der Waals surface area contributed by atoms with E-state index in [1.165, 1.54) is 12.1 Å². The summed E-state index contributed by atoms with van der Waals surface area (Å²) in [6.07, 6.45) is 0.587. The molecule has 0 unspecified atom stereocenters. The van der Waals surface area contributed by atoms with Crippen molar-refractivity contribution >= 4 is 33.0 Å². The summed E-state index contributed by atoms with van der Waals surface area (Å²) in [6, 6.07) is 7.38. The average molecular weight is 326 g/mol. The SMILES string of the molecule is Nc1cc(C(=O)O)ccc1S(=O)(=O)NCCc1cccs1. The van der Waals surface area contributed by atoms with E-state index in [0.29, 0.717) is 6.42 Å². The molecule has 0 amide bonds. The molecular formula is C13H14N2O4S2. The Hall–Kier alpha value is -1.90. The van der Waals surface area contributed by atoms with Gasteiger partial charge in [-0.2, -0.15) is 0 Å². The summed E-state index contributed by atoms with van der Waals surface area (Å²) in [5, 5.41) is 10.8. The fourth-order valence-electron chi connectivity index (χ4n) is 1.77. The van der Waals surface area contributed by atoms with Crippen molar-refractivity contribution in [1.82, 2.24) is 4.72 Å². The monoisotopic (exact) mass is 326 g/mol. The number of rotatable bonds is 6. The highest BCUT2D eigenvalue weighted by Crippen LogP contribution is 2.20. The first-order valence-electron chi connectivity index (χ1n) is 6.05. The largest absolute Gasteiger partial charge is 0.478 e. The van der Waals surface area contributed by atoms with Gasteiger partial charge in [-0.3, -0.25) is 0 Å².